The normalized spacial score (nSPS) is 19.2. The first kappa shape index (κ1) is 28.1. The highest BCUT2D eigenvalue weighted by atomic mass is 16.5. The van der Waals surface area contributed by atoms with E-state index in [4.69, 9.17) is 14.2 Å². The molecule has 2 aromatic carbocycles. The van der Waals surface area contributed by atoms with Gasteiger partial charge in [-0.1, -0.05) is 31.9 Å². The second-order valence-corrected chi connectivity index (χ2v) is 11.6. The van der Waals surface area contributed by atoms with Crippen molar-refractivity contribution in [3.05, 3.63) is 47.5 Å². The number of amides is 3. The molecule has 1 unspecified atom stereocenters. The fourth-order valence-electron chi connectivity index (χ4n) is 5.82. The second-order valence-electron chi connectivity index (χ2n) is 11.6. The van der Waals surface area contributed by atoms with Gasteiger partial charge in [-0.3, -0.25) is 9.69 Å². The molecule has 0 bridgehead atoms. The molecule has 0 aromatic heterocycles. The maximum atomic E-state index is 13.7. The predicted octanol–water partition coefficient (Wildman–Crippen LogP) is 5.52. The minimum absolute atomic E-state index is 0.0432. The van der Waals surface area contributed by atoms with E-state index in [1.165, 1.54) is 19.3 Å². The number of methoxy groups -OCH3 is 2. The maximum Gasteiger partial charge on any atom is 0.324 e. The Bertz CT molecular complexity index is 1190. The molecule has 1 saturated carbocycles. The lowest BCUT2D eigenvalue weighted by molar-refractivity contribution is -0.129. The lowest BCUT2D eigenvalue weighted by atomic mass is 10.0. The van der Waals surface area contributed by atoms with Crippen LogP contribution in [0.1, 0.15) is 56.6 Å². The zero-order valence-corrected chi connectivity index (χ0v) is 24.2. The van der Waals surface area contributed by atoms with Crippen LogP contribution in [0.25, 0.3) is 0 Å². The summed E-state index contributed by atoms with van der Waals surface area (Å²) in [6.07, 6.45) is 7.46. The number of ether oxygens (including phenoxy) is 3. The van der Waals surface area contributed by atoms with E-state index in [0.717, 1.165) is 55.1 Å². The van der Waals surface area contributed by atoms with Gasteiger partial charge in [0.2, 0.25) is 5.91 Å². The minimum atomic E-state index is -0.0432. The van der Waals surface area contributed by atoms with Gasteiger partial charge in [0.1, 0.15) is 5.75 Å². The summed E-state index contributed by atoms with van der Waals surface area (Å²) in [6, 6.07) is 11.6. The fraction of sp³-hybridized carbons (Fsp3) is 0.562. The molecule has 216 valence electrons. The monoisotopic (exact) mass is 549 g/mol. The van der Waals surface area contributed by atoms with Crippen molar-refractivity contribution in [3.63, 3.8) is 0 Å². The third kappa shape index (κ3) is 6.83. The van der Waals surface area contributed by atoms with Gasteiger partial charge >= 0.3 is 6.03 Å². The van der Waals surface area contributed by atoms with Crippen LogP contribution in [0.5, 0.6) is 17.2 Å². The molecule has 8 nitrogen and oxygen atoms in total. The van der Waals surface area contributed by atoms with Crippen molar-refractivity contribution in [1.29, 1.82) is 0 Å². The van der Waals surface area contributed by atoms with E-state index >= 15 is 0 Å². The number of nitrogens with zero attached hydrogens (tertiary/aromatic N) is 3. The number of likely N-dealkylation sites (tertiary alicyclic amines) is 1. The Hall–Kier alpha value is -3.42. The molecular weight excluding hydrogens is 506 g/mol. The quantitative estimate of drug-likeness (QED) is 0.326. The molecule has 3 fully saturated rings. The molecule has 2 aromatic rings. The van der Waals surface area contributed by atoms with Crippen molar-refractivity contribution in [2.24, 2.45) is 11.8 Å². The zero-order chi connectivity index (χ0) is 28.1. The van der Waals surface area contributed by atoms with Crippen LogP contribution >= 0.6 is 0 Å². The van der Waals surface area contributed by atoms with Crippen molar-refractivity contribution in [1.82, 2.24) is 9.80 Å². The van der Waals surface area contributed by atoms with Gasteiger partial charge in [-0.05, 0) is 61.3 Å². The zero-order valence-electron chi connectivity index (χ0n) is 24.2. The molecule has 3 aliphatic rings. The van der Waals surface area contributed by atoms with Gasteiger partial charge in [-0.25, -0.2) is 4.79 Å². The largest absolute Gasteiger partial charge is 0.496 e. The number of hydrogen-bond acceptors (Lipinski definition) is 5. The predicted molar refractivity (Wildman–Crippen MR) is 155 cm³/mol. The highest BCUT2D eigenvalue weighted by Crippen LogP contribution is 2.36. The summed E-state index contributed by atoms with van der Waals surface area (Å²) in [5.41, 5.74) is 2.67. The molecule has 1 aliphatic carbocycles. The molecule has 2 saturated heterocycles. The van der Waals surface area contributed by atoms with Gasteiger partial charge < -0.3 is 24.0 Å². The van der Waals surface area contributed by atoms with Gasteiger partial charge in [0.15, 0.2) is 11.5 Å². The Kier molecular flexibility index (Phi) is 9.02. The van der Waals surface area contributed by atoms with Crippen molar-refractivity contribution >= 4 is 17.6 Å². The average Bonchev–Trinajstić information content (AvgIpc) is 3.62. The SMILES string of the molecule is COc1cc(CC(=O)N2CCCC2)ccc1CN1CC(C)CN(c2ccc(OC)c(OCCCC3CC3)c2)C1=O. The van der Waals surface area contributed by atoms with Crippen LogP contribution in [0, 0.1) is 11.8 Å². The van der Waals surface area contributed by atoms with Gasteiger partial charge in [0.05, 0.1) is 33.8 Å². The third-order valence-electron chi connectivity index (χ3n) is 8.22. The molecule has 1 atom stereocenters. The number of carbonyl (C=O) groups is 2. The van der Waals surface area contributed by atoms with E-state index in [2.05, 4.69) is 6.92 Å². The van der Waals surface area contributed by atoms with Gasteiger partial charge in [0.25, 0.3) is 0 Å². The molecule has 0 radical (unpaired) electrons. The first-order chi connectivity index (χ1) is 19.4. The molecule has 2 heterocycles. The summed E-state index contributed by atoms with van der Waals surface area (Å²) in [5.74, 6) is 3.38. The van der Waals surface area contributed by atoms with E-state index in [1.807, 2.05) is 51.1 Å². The Labute approximate surface area is 238 Å². The van der Waals surface area contributed by atoms with Crippen LogP contribution in [0.4, 0.5) is 10.5 Å². The highest BCUT2D eigenvalue weighted by molar-refractivity contribution is 5.93. The molecule has 0 spiro atoms. The van der Waals surface area contributed by atoms with Gasteiger partial charge in [-0.15, -0.1) is 0 Å². The van der Waals surface area contributed by atoms with Gasteiger partial charge in [0, 0.05) is 43.5 Å². The Morgan fingerprint density at radius 2 is 1.73 bits per heavy atom. The number of rotatable bonds is 12. The topological polar surface area (TPSA) is 71.6 Å². The smallest absolute Gasteiger partial charge is 0.324 e. The van der Waals surface area contributed by atoms with E-state index in [-0.39, 0.29) is 17.9 Å². The molecule has 0 N–H and O–H groups in total. The van der Waals surface area contributed by atoms with Gasteiger partial charge in [-0.2, -0.15) is 0 Å². The van der Waals surface area contributed by atoms with Crippen molar-refractivity contribution in [2.45, 2.75) is 58.4 Å². The molecule has 3 amide bonds. The molecule has 5 rings (SSSR count). The molecule has 40 heavy (non-hydrogen) atoms. The summed E-state index contributed by atoms with van der Waals surface area (Å²) < 4.78 is 17.3. The summed E-state index contributed by atoms with van der Waals surface area (Å²) in [4.78, 5) is 32.0. The van der Waals surface area contributed by atoms with Crippen LogP contribution in [0.3, 0.4) is 0 Å². The average molecular weight is 550 g/mol. The van der Waals surface area contributed by atoms with E-state index in [9.17, 15) is 9.59 Å². The Balaban J connectivity index is 1.27. The number of carbonyl (C=O) groups excluding carboxylic acids is 2. The number of urea groups is 1. The van der Waals surface area contributed by atoms with Crippen LogP contribution in [-0.2, 0) is 17.8 Å². The molecule has 8 heteroatoms. The van der Waals surface area contributed by atoms with Crippen molar-refractivity contribution < 1.29 is 23.8 Å². The summed E-state index contributed by atoms with van der Waals surface area (Å²) in [7, 11) is 3.28. The Morgan fingerprint density at radius 1 is 0.950 bits per heavy atom. The first-order valence-corrected chi connectivity index (χ1v) is 14.8. The highest BCUT2D eigenvalue weighted by Gasteiger charge is 2.32. The Morgan fingerprint density at radius 3 is 2.45 bits per heavy atom. The lowest BCUT2D eigenvalue weighted by Gasteiger charge is -2.39. The van der Waals surface area contributed by atoms with Crippen LogP contribution in [0.15, 0.2) is 36.4 Å². The fourth-order valence-corrected chi connectivity index (χ4v) is 5.82. The molecule has 2 aliphatic heterocycles. The van der Waals surface area contributed by atoms with E-state index in [0.29, 0.717) is 49.9 Å². The minimum Gasteiger partial charge on any atom is -0.496 e. The van der Waals surface area contributed by atoms with E-state index < -0.39 is 0 Å². The van der Waals surface area contributed by atoms with Crippen LogP contribution < -0.4 is 19.1 Å². The summed E-state index contributed by atoms with van der Waals surface area (Å²) >= 11 is 0. The third-order valence-corrected chi connectivity index (χ3v) is 8.22. The standard InChI is InChI=1S/C32H43N3O5/c1-23-20-34(22-26-11-10-25(17-29(26)39-3)18-31(36)33-14-4-5-15-33)32(37)35(21-23)27-12-13-28(38-2)30(19-27)40-16-6-7-24-8-9-24/h10-13,17,19,23-24H,4-9,14-16,18,20-22H2,1-3H3. The van der Waals surface area contributed by atoms with Crippen molar-refractivity contribution in [2.75, 3.05) is 51.9 Å². The lowest BCUT2D eigenvalue weighted by Crippen LogP contribution is -2.52. The first-order valence-electron chi connectivity index (χ1n) is 14.8. The maximum absolute atomic E-state index is 13.7. The van der Waals surface area contributed by atoms with Crippen LogP contribution in [0.2, 0.25) is 0 Å². The summed E-state index contributed by atoms with van der Waals surface area (Å²) in [5, 5.41) is 0. The number of anilines is 1. The second kappa shape index (κ2) is 12.8. The molecular formula is C32H43N3O5. The number of benzene rings is 2. The van der Waals surface area contributed by atoms with Crippen LogP contribution in [-0.4, -0.2) is 68.7 Å². The van der Waals surface area contributed by atoms with Crippen molar-refractivity contribution in [3.8, 4) is 17.2 Å². The summed E-state index contributed by atoms with van der Waals surface area (Å²) in [6.45, 7) is 6.24. The van der Waals surface area contributed by atoms with E-state index in [1.54, 1.807) is 14.2 Å². The number of hydrogen-bond donors (Lipinski definition) is 0.